The molecule has 4 nitrogen and oxygen atoms in total. The second kappa shape index (κ2) is 5.96. The van der Waals surface area contributed by atoms with Crippen LogP contribution >= 0.6 is 0 Å². The SMILES string of the molecule is Cc1nc(NC2CCN(C)C2)ncc1-c1ccc(F)cc1F. The number of hydrogen-bond acceptors (Lipinski definition) is 4. The Labute approximate surface area is 128 Å². The number of likely N-dealkylation sites (N-methyl/N-ethyl adjacent to an activating group) is 1. The Kier molecular flexibility index (Phi) is 4.02. The summed E-state index contributed by atoms with van der Waals surface area (Å²) in [6, 6.07) is 3.85. The molecule has 1 aromatic carbocycles. The minimum atomic E-state index is -0.607. The maximum Gasteiger partial charge on any atom is 0.223 e. The van der Waals surface area contributed by atoms with Gasteiger partial charge in [0.1, 0.15) is 11.6 Å². The summed E-state index contributed by atoms with van der Waals surface area (Å²) in [4.78, 5) is 10.9. The highest BCUT2D eigenvalue weighted by atomic mass is 19.1. The number of halogens is 2. The van der Waals surface area contributed by atoms with Crippen molar-refractivity contribution in [1.82, 2.24) is 14.9 Å². The molecule has 1 atom stereocenters. The molecule has 0 radical (unpaired) electrons. The van der Waals surface area contributed by atoms with Crippen LogP contribution in [0.25, 0.3) is 11.1 Å². The average molecular weight is 304 g/mol. The van der Waals surface area contributed by atoms with Crippen molar-refractivity contribution in [3.63, 3.8) is 0 Å². The quantitative estimate of drug-likeness (QED) is 0.946. The van der Waals surface area contributed by atoms with Gasteiger partial charge in [0, 0.05) is 36.0 Å². The topological polar surface area (TPSA) is 41.1 Å². The summed E-state index contributed by atoms with van der Waals surface area (Å²) in [5, 5.41) is 3.30. The summed E-state index contributed by atoms with van der Waals surface area (Å²) in [7, 11) is 2.08. The van der Waals surface area contributed by atoms with Crippen molar-refractivity contribution in [2.75, 3.05) is 25.5 Å². The number of benzene rings is 1. The van der Waals surface area contributed by atoms with E-state index in [1.807, 2.05) is 0 Å². The summed E-state index contributed by atoms with van der Waals surface area (Å²) < 4.78 is 26.9. The maximum absolute atomic E-state index is 13.9. The van der Waals surface area contributed by atoms with Gasteiger partial charge in [0.15, 0.2) is 0 Å². The van der Waals surface area contributed by atoms with Gasteiger partial charge in [-0.05, 0) is 39.1 Å². The van der Waals surface area contributed by atoms with Gasteiger partial charge in [-0.15, -0.1) is 0 Å². The minimum absolute atomic E-state index is 0.311. The standard InChI is InChI=1S/C16H18F2N4/c1-10-14(13-4-3-11(17)7-15(13)18)8-19-16(20-10)21-12-5-6-22(2)9-12/h3-4,7-8,12H,5-6,9H2,1-2H3,(H,19,20,21). The normalized spacial score (nSPS) is 18.6. The fourth-order valence-electron chi connectivity index (χ4n) is 2.74. The summed E-state index contributed by atoms with van der Waals surface area (Å²) in [6.07, 6.45) is 2.63. The van der Waals surface area contributed by atoms with E-state index >= 15 is 0 Å². The van der Waals surface area contributed by atoms with E-state index in [0.29, 0.717) is 28.8 Å². The first kappa shape index (κ1) is 14.8. The van der Waals surface area contributed by atoms with Gasteiger partial charge in [-0.2, -0.15) is 0 Å². The lowest BCUT2D eigenvalue weighted by atomic mass is 10.1. The Balaban J connectivity index is 1.83. The summed E-state index contributed by atoms with van der Waals surface area (Å²) in [5.41, 5.74) is 1.55. The van der Waals surface area contributed by atoms with Crippen molar-refractivity contribution < 1.29 is 8.78 Å². The number of aromatic nitrogens is 2. The second-order valence-corrected chi connectivity index (χ2v) is 5.71. The van der Waals surface area contributed by atoms with Gasteiger partial charge < -0.3 is 10.2 Å². The van der Waals surface area contributed by atoms with Crippen LogP contribution < -0.4 is 5.32 Å². The first-order chi connectivity index (χ1) is 10.5. The zero-order chi connectivity index (χ0) is 15.7. The largest absolute Gasteiger partial charge is 0.350 e. The molecule has 0 spiro atoms. The summed E-state index contributed by atoms with van der Waals surface area (Å²) in [5.74, 6) is -0.655. The van der Waals surface area contributed by atoms with E-state index in [1.54, 1.807) is 13.1 Å². The molecule has 1 aromatic heterocycles. The van der Waals surface area contributed by atoms with Crippen LogP contribution in [0.15, 0.2) is 24.4 Å². The molecule has 0 amide bonds. The molecule has 2 aromatic rings. The van der Waals surface area contributed by atoms with E-state index in [9.17, 15) is 8.78 Å². The van der Waals surface area contributed by atoms with Crippen molar-refractivity contribution >= 4 is 5.95 Å². The van der Waals surface area contributed by atoms with Gasteiger partial charge in [-0.3, -0.25) is 0 Å². The number of anilines is 1. The molecule has 22 heavy (non-hydrogen) atoms. The number of rotatable bonds is 3. The predicted molar refractivity (Wildman–Crippen MR) is 81.6 cm³/mol. The number of hydrogen-bond donors (Lipinski definition) is 1. The van der Waals surface area contributed by atoms with Gasteiger partial charge >= 0.3 is 0 Å². The third kappa shape index (κ3) is 3.06. The molecule has 1 N–H and O–H groups in total. The van der Waals surface area contributed by atoms with Gasteiger partial charge in [0.2, 0.25) is 5.95 Å². The van der Waals surface area contributed by atoms with Crippen LogP contribution in [0.2, 0.25) is 0 Å². The molecule has 0 bridgehead atoms. The summed E-state index contributed by atoms with van der Waals surface area (Å²) in [6.45, 7) is 3.80. The highest BCUT2D eigenvalue weighted by Crippen LogP contribution is 2.26. The smallest absolute Gasteiger partial charge is 0.223 e. The predicted octanol–water partition coefficient (Wildman–Crippen LogP) is 2.85. The number of nitrogens with one attached hydrogen (secondary N) is 1. The Hall–Kier alpha value is -2.08. The number of likely N-dealkylation sites (tertiary alicyclic amines) is 1. The fraction of sp³-hybridized carbons (Fsp3) is 0.375. The third-order valence-corrected chi connectivity index (χ3v) is 3.93. The third-order valence-electron chi connectivity index (χ3n) is 3.93. The van der Waals surface area contributed by atoms with E-state index in [0.717, 1.165) is 25.6 Å². The zero-order valence-corrected chi connectivity index (χ0v) is 12.6. The fourth-order valence-corrected chi connectivity index (χ4v) is 2.74. The lowest BCUT2D eigenvalue weighted by molar-refractivity contribution is 0.414. The van der Waals surface area contributed by atoms with Gasteiger partial charge in [-0.1, -0.05) is 0 Å². The molecule has 6 heteroatoms. The monoisotopic (exact) mass is 304 g/mol. The second-order valence-electron chi connectivity index (χ2n) is 5.71. The molecule has 0 saturated carbocycles. The number of nitrogens with zero attached hydrogens (tertiary/aromatic N) is 3. The van der Waals surface area contributed by atoms with Crippen molar-refractivity contribution in [3.8, 4) is 11.1 Å². The first-order valence-electron chi connectivity index (χ1n) is 7.27. The molecule has 1 aliphatic heterocycles. The van der Waals surface area contributed by atoms with Crippen LogP contribution in [0.1, 0.15) is 12.1 Å². The van der Waals surface area contributed by atoms with E-state index < -0.39 is 11.6 Å². The van der Waals surface area contributed by atoms with Crippen LogP contribution in [0.5, 0.6) is 0 Å². The lowest BCUT2D eigenvalue weighted by Crippen LogP contribution is -2.24. The van der Waals surface area contributed by atoms with Crippen LogP contribution in [-0.4, -0.2) is 41.0 Å². The minimum Gasteiger partial charge on any atom is -0.350 e. The molecule has 116 valence electrons. The van der Waals surface area contributed by atoms with Gasteiger partial charge in [0.05, 0.1) is 5.69 Å². The van der Waals surface area contributed by atoms with Crippen LogP contribution in [0.4, 0.5) is 14.7 Å². The first-order valence-corrected chi connectivity index (χ1v) is 7.27. The van der Waals surface area contributed by atoms with Crippen molar-refractivity contribution in [2.45, 2.75) is 19.4 Å². The lowest BCUT2D eigenvalue weighted by Gasteiger charge is -2.14. The molecular weight excluding hydrogens is 286 g/mol. The molecule has 1 fully saturated rings. The highest BCUT2D eigenvalue weighted by molar-refractivity contribution is 5.66. The molecule has 0 aliphatic carbocycles. The van der Waals surface area contributed by atoms with E-state index in [2.05, 4.69) is 27.2 Å². The molecule has 2 heterocycles. The molecule has 1 aliphatic rings. The van der Waals surface area contributed by atoms with Gasteiger partial charge in [0.25, 0.3) is 0 Å². The molecule has 1 unspecified atom stereocenters. The van der Waals surface area contributed by atoms with Crippen molar-refractivity contribution in [3.05, 3.63) is 41.7 Å². The van der Waals surface area contributed by atoms with Crippen molar-refractivity contribution in [1.29, 1.82) is 0 Å². The summed E-state index contributed by atoms with van der Waals surface area (Å²) >= 11 is 0. The van der Waals surface area contributed by atoms with E-state index in [-0.39, 0.29) is 0 Å². The van der Waals surface area contributed by atoms with Gasteiger partial charge in [-0.25, -0.2) is 18.7 Å². The van der Waals surface area contributed by atoms with E-state index in [1.165, 1.54) is 12.1 Å². The highest BCUT2D eigenvalue weighted by Gasteiger charge is 2.20. The number of aryl methyl sites for hydroxylation is 1. The average Bonchev–Trinajstić information content (AvgIpc) is 2.85. The zero-order valence-electron chi connectivity index (χ0n) is 12.6. The van der Waals surface area contributed by atoms with Crippen LogP contribution in [0, 0.1) is 18.6 Å². The Morgan fingerprint density at radius 2 is 2.09 bits per heavy atom. The Morgan fingerprint density at radius 3 is 2.73 bits per heavy atom. The Bertz CT molecular complexity index is 690. The Morgan fingerprint density at radius 1 is 1.27 bits per heavy atom. The molecule has 1 saturated heterocycles. The van der Waals surface area contributed by atoms with Crippen LogP contribution in [0.3, 0.4) is 0 Å². The van der Waals surface area contributed by atoms with Crippen molar-refractivity contribution in [2.24, 2.45) is 0 Å². The maximum atomic E-state index is 13.9. The molecule has 3 rings (SSSR count). The molecular formula is C16H18F2N4. The van der Waals surface area contributed by atoms with Crippen LogP contribution in [-0.2, 0) is 0 Å². The van der Waals surface area contributed by atoms with E-state index in [4.69, 9.17) is 0 Å².